The molecule has 0 atom stereocenters. The summed E-state index contributed by atoms with van der Waals surface area (Å²) < 4.78 is 6.30. The predicted molar refractivity (Wildman–Crippen MR) is 86.1 cm³/mol. The van der Waals surface area contributed by atoms with Crippen molar-refractivity contribution < 1.29 is 4.52 Å². The first-order chi connectivity index (χ1) is 10.1. The highest BCUT2D eigenvalue weighted by Gasteiger charge is 2.10. The number of benzene rings is 2. The van der Waals surface area contributed by atoms with Gasteiger partial charge in [0.15, 0.2) is 5.82 Å². The number of nitrogens with two attached hydrogens (primary N) is 1. The number of nitrogens with zero attached hydrogens (tertiary/aromatic N) is 2. The Balaban J connectivity index is 1.84. The van der Waals surface area contributed by atoms with Gasteiger partial charge in [-0.2, -0.15) is 4.98 Å². The zero-order valence-electron chi connectivity index (χ0n) is 10.9. The van der Waals surface area contributed by atoms with Crippen molar-refractivity contribution in [3.8, 4) is 11.5 Å². The molecule has 106 valence electrons. The van der Waals surface area contributed by atoms with Crippen molar-refractivity contribution in [2.24, 2.45) is 0 Å². The maximum atomic E-state index is 5.90. The van der Waals surface area contributed by atoms with Crippen molar-refractivity contribution in [2.45, 2.75) is 6.42 Å². The monoisotopic (exact) mass is 363 g/mol. The molecular formula is C15H11BrClN3O. The molecule has 1 aromatic heterocycles. The first-order valence-electron chi connectivity index (χ1n) is 6.24. The average Bonchev–Trinajstić information content (AvgIpc) is 2.90. The molecule has 0 aliphatic carbocycles. The molecule has 0 radical (unpaired) electrons. The largest absolute Gasteiger partial charge is 0.398 e. The Bertz CT molecular complexity index is 788. The van der Waals surface area contributed by atoms with Crippen LogP contribution in [-0.2, 0) is 6.42 Å². The van der Waals surface area contributed by atoms with Gasteiger partial charge in [0.25, 0.3) is 5.89 Å². The molecule has 21 heavy (non-hydrogen) atoms. The highest BCUT2D eigenvalue weighted by molar-refractivity contribution is 9.10. The van der Waals surface area contributed by atoms with Crippen LogP contribution in [0.25, 0.3) is 11.5 Å². The van der Waals surface area contributed by atoms with Crippen LogP contribution in [0.4, 0.5) is 5.69 Å². The first kappa shape index (κ1) is 14.1. The number of rotatable bonds is 3. The third kappa shape index (κ3) is 3.25. The Morgan fingerprint density at radius 2 is 2.05 bits per heavy atom. The van der Waals surface area contributed by atoms with Crippen LogP contribution in [0, 0.1) is 0 Å². The van der Waals surface area contributed by atoms with Crippen LogP contribution in [-0.4, -0.2) is 10.1 Å². The minimum absolute atomic E-state index is 0.434. The van der Waals surface area contributed by atoms with Crippen LogP contribution < -0.4 is 5.73 Å². The minimum Gasteiger partial charge on any atom is -0.398 e. The number of hydrogen-bond donors (Lipinski definition) is 1. The summed E-state index contributed by atoms with van der Waals surface area (Å²) in [5.74, 6) is 1.06. The number of nitrogen functional groups attached to an aromatic ring is 1. The Morgan fingerprint density at radius 1 is 1.19 bits per heavy atom. The maximum Gasteiger partial charge on any atom is 0.258 e. The summed E-state index contributed by atoms with van der Waals surface area (Å²) in [6.45, 7) is 0. The molecule has 0 spiro atoms. The van der Waals surface area contributed by atoms with Gasteiger partial charge in [0.05, 0.1) is 10.7 Å². The highest BCUT2D eigenvalue weighted by atomic mass is 79.9. The number of hydrogen-bond acceptors (Lipinski definition) is 4. The topological polar surface area (TPSA) is 64.9 Å². The Kier molecular flexibility index (Phi) is 3.94. The first-order valence-corrected chi connectivity index (χ1v) is 7.41. The van der Waals surface area contributed by atoms with E-state index in [-0.39, 0.29) is 0 Å². The molecule has 0 amide bonds. The van der Waals surface area contributed by atoms with E-state index in [4.69, 9.17) is 21.9 Å². The summed E-state index contributed by atoms with van der Waals surface area (Å²) in [7, 11) is 0. The second-order valence-corrected chi connectivity index (χ2v) is 5.88. The van der Waals surface area contributed by atoms with Crippen LogP contribution in [0.5, 0.6) is 0 Å². The smallest absolute Gasteiger partial charge is 0.258 e. The molecule has 0 unspecified atom stereocenters. The minimum atomic E-state index is 0.434. The molecule has 0 fully saturated rings. The van der Waals surface area contributed by atoms with Crippen LogP contribution in [0.2, 0.25) is 5.02 Å². The molecular weight excluding hydrogens is 354 g/mol. The van der Waals surface area contributed by atoms with E-state index in [1.807, 2.05) is 24.3 Å². The molecule has 0 bridgehead atoms. The molecule has 3 rings (SSSR count). The predicted octanol–water partition coefficient (Wildman–Crippen LogP) is 4.33. The highest BCUT2D eigenvalue weighted by Crippen LogP contribution is 2.26. The fraction of sp³-hybridized carbons (Fsp3) is 0.0667. The second-order valence-electron chi connectivity index (χ2n) is 4.56. The maximum absolute atomic E-state index is 5.90. The zero-order valence-corrected chi connectivity index (χ0v) is 13.2. The van der Waals surface area contributed by atoms with Crippen molar-refractivity contribution in [1.29, 1.82) is 0 Å². The lowest BCUT2D eigenvalue weighted by Gasteiger charge is -1.99. The summed E-state index contributed by atoms with van der Waals surface area (Å²) in [4.78, 5) is 4.38. The third-order valence-corrected chi connectivity index (χ3v) is 3.80. The second kappa shape index (κ2) is 5.87. The number of anilines is 1. The van der Waals surface area contributed by atoms with E-state index >= 15 is 0 Å². The van der Waals surface area contributed by atoms with Gasteiger partial charge in [-0.3, -0.25) is 0 Å². The SMILES string of the molecule is Nc1cc(-c2nc(Cc3cccc(Br)c3)no2)ccc1Cl. The van der Waals surface area contributed by atoms with E-state index in [1.165, 1.54) is 0 Å². The average molecular weight is 365 g/mol. The molecule has 6 heteroatoms. The van der Waals surface area contributed by atoms with E-state index in [0.717, 1.165) is 15.6 Å². The van der Waals surface area contributed by atoms with Crippen LogP contribution >= 0.6 is 27.5 Å². The van der Waals surface area contributed by atoms with Gasteiger partial charge in [-0.05, 0) is 35.9 Å². The van der Waals surface area contributed by atoms with E-state index in [1.54, 1.807) is 18.2 Å². The Morgan fingerprint density at radius 3 is 2.81 bits per heavy atom. The third-order valence-electron chi connectivity index (χ3n) is 2.96. The molecule has 4 nitrogen and oxygen atoms in total. The summed E-state index contributed by atoms with van der Waals surface area (Å²) in [5.41, 5.74) is 8.12. The summed E-state index contributed by atoms with van der Waals surface area (Å²) in [6, 6.07) is 13.2. The molecule has 1 heterocycles. The van der Waals surface area contributed by atoms with E-state index in [2.05, 4.69) is 26.1 Å². The normalized spacial score (nSPS) is 10.8. The zero-order chi connectivity index (χ0) is 14.8. The van der Waals surface area contributed by atoms with Gasteiger partial charge in [-0.15, -0.1) is 0 Å². The Labute approximate surface area is 135 Å². The van der Waals surface area contributed by atoms with Gasteiger partial charge in [-0.1, -0.05) is 44.8 Å². The lowest BCUT2D eigenvalue weighted by molar-refractivity contribution is 0.424. The molecule has 0 aliphatic rings. The molecule has 3 aromatic rings. The van der Waals surface area contributed by atoms with Crippen molar-refractivity contribution in [3.63, 3.8) is 0 Å². The quantitative estimate of drug-likeness (QED) is 0.703. The van der Waals surface area contributed by atoms with Gasteiger partial charge in [0.2, 0.25) is 0 Å². The van der Waals surface area contributed by atoms with Crippen LogP contribution in [0.15, 0.2) is 51.5 Å². The molecule has 0 aliphatic heterocycles. The molecule has 2 N–H and O–H groups in total. The van der Waals surface area contributed by atoms with Crippen molar-refractivity contribution in [1.82, 2.24) is 10.1 Å². The summed E-state index contributed by atoms with van der Waals surface area (Å²) in [5, 5.41) is 4.50. The number of halogens is 2. The Hall–Kier alpha value is -1.85. The van der Waals surface area contributed by atoms with Gasteiger partial charge in [0, 0.05) is 16.5 Å². The number of aromatic nitrogens is 2. The van der Waals surface area contributed by atoms with Crippen molar-refractivity contribution >= 4 is 33.2 Å². The summed E-state index contributed by atoms with van der Waals surface area (Å²) >= 11 is 9.34. The van der Waals surface area contributed by atoms with Crippen molar-refractivity contribution in [2.75, 3.05) is 5.73 Å². The van der Waals surface area contributed by atoms with E-state index < -0.39 is 0 Å². The fourth-order valence-corrected chi connectivity index (χ4v) is 2.51. The van der Waals surface area contributed by atoms with Crippen LogP contribution in [0.3, 0.4) is 0 Å². The van der Waals surface area contributed by atoms with Gasteiger partial charge < -0.3 is 10.3 Å². The van der Waals surface area contributed by atoms with Gasteiger partial charge >= 0.3 is 0 Å². The molecule has 0 saturated heterocycles. The lowest BCUT2D eigenvalue weighted by atomic mass is 10.1. The van der Waals surface area contributed by atoms with E-state index in [0.29, 0.717) is 28.8 Å². The fourth-order valence-electron chi connectivity index (χ4n) is 1.95. The lowest BCUT2D eigenvalue weighted by Crippen LogP contribution is -1.91. The van der Waals surface area contributed by atoms with Gasteiger partial charge in [-0.25, -0.2) is 0 Å². The van der Waals surface area contributed by atoms with Gasteiger partial charge in [0.1, 0.15) is 0 Å². The molecule has 0 saturated carbocycles. The standard InChI is InChI=1S/C15H11BrClN3O/c16-11-3-1-2-9(6-11)7-14-19-15(21-20-14)10-4-5-12(17)13(18)8-10/h1-6,8H,7,18H2. The molecule has 2 aromatic carbocycles. The summed E-state index contributed by atoms with van der Waals surface area (Å²) in [6.07, 6.45) is 0.603. The van der Waals surface area contributed by atoms with Crippen LogP contribution in [0.1, 0.15) is 11.4 Å². The van der Waals surface area contributed by atoms with E-state index in [9.17, 15) is 0 Å². The van der Waals surface area contributed by atoms with Crippen molar-refractivity contribution in [3.05, 3.63) is 63.3 Å².